The van der Waals surface area contributed by atoms with Crippen molar-refractivity contribution in [1.82, 2.24) is 5.43 Å². The molecule has 1 rings (SSSR count). The maximum Gasteiger partial charge on any atom is 0.339 e. The van der Waals surface area contributed by atoms with Crippen LogP contribution in [0.25, 0.3) is 0 Å². The molecule has 0 fully saturated rings. The fourth-order valence-electron chi connectivity index (χ4n) is 1.08. The summed E-state index contributed by atoms with van der Waals surface area (Å²) < 4.78 is 4.88. The minimum absolute atomic E-state index is 0.00419. The van der Waals surface area contributed by atoms with Crippen LogP contribution in [-0.2, 0) is 20.9 Å². The van der Waals surface area contributed by atoms with E-state index in [1.54, 1.807) is 24.3 Å². The van der Waals surface area contributed by atoms with E-state index in [4.69, 9.17) is 15.7 Å². The zero-order valence-electron chi connectivity index (χ0n) is 9.34. The first kappa shape index (κ1) is 13.1. The lowest BCUT2D eigenvalue weighted by molar-refractivity contribution is -0.163. The van der Waals surface area contributed by atoms with Gasteiger partial charge < -0.3 is 9.84 Å². The summed E-state index contributed by atoms with van der Waals surface area (Å²) in [6.07, 6.45) is 0. The zero-order chi connectivity index (χ0) is 12.9. The molecule has 0 saturated carbocycles. The second-order valence-electron chi connectivity index (χ2n) is 3.64. The fourth-order valence-corrected chi connectivity index (χ4v) is 1.08. The zero-order valence-corrected chi connectivity index (χ0v) is 9.34. The molecule has 1 atom stereocenters. The lowest BCUT2D eigenvalue weighted by Crippen LogP contribution is -2.59. The van der Waals surface area contributed by atoms with Crippen molar-refractivity contribution < 1.29 is 19.4 Å². The molecular weight excluding hydrogens is 224 g/mol. The molecule has 92 valence electrons. The van der Waals surface area contributed by atoms with Gasteiger partial charge in [0.05, 0.1) is 0 Å². The molecule has 0 spiro atoms. The van der Waals surface area contributed by atoms with Gasteiger partial charge in [0.1, 0.15) is 6.61 Å². The lowest BCUT2D eigenvalue weighted by atomic mass is 10.1. The van der Waals surface area contributed by atoms with E-state index in [0.717, 1.165) is 12.5 Å². The number of aliphatic carboxylic acids is 1. The molecular formula is C11H14N2O4. The Labute approximate surface area is 98.3 Å². The van der Waals surface area contributed by atoms with Gasteiger partial charge in [0.15, 0.2) is 0 Å². The molecule has 0 bridgehead atoms. The van der Waals surface area contributed by atoms with Crippen molar-refractivity contribution >= 4 is 11.9 Å². The predicted molar refractivity (Wildman–Crippen MR) is 59.6 cm³/mol. The van der Waals surface area contributed by atoms with Gasteiger partial charge in [-0.05, 0) is 12.5 Å². The molecule has 1 aromatic rings. The molecule has 0 radical (unpaired) electrons. The number of hydrogen-bond acceptors (Lipinski definition) is 5. The summed E-state index contributed by atoms with van der Waals surface area (Å²) in [6.45, 7) is 1.15. The van der Waals surface area contributed by atoms with Crippen LogP contribution >= 0.6 is 0 Å². The summed E-state index contributed by atoms with van der Waals surface area (Å²) in [6, 6.07) is 8.94. The quantitative estimate of drug-likeness (QED) is 0.290. The van der Waals surface area contributed by atoms with Gasteiger partial charge in [0.25, 0.3) is 0 Å². The lowest BCUT2D eigenvalue weighted by Gasteiger charge is -2.21. The molecule has 0 heterocycles. The number of esters is 1. The first-order chi connectivity index (χ1) is 8.00. The summed E-state index contributed by atoms with van der Waals surface area (Å²) in [5, 5.41) is 8.86. The summed E-state index contributed by atoms with van der Waals surface area (Å²) in [5.41, 5.74) is 0.773. The van der Waals surface area contributed by atoms with E-state index >= 15 is 0 Å². The van der Waals surface area contributed by atoms with Crippen LogP contribution < -0.4 is 11.3 Å². The van der Waals surface area contributed by atoms with E-state index in [-0.39, 0.29) is 6.61 Å². The standard InChI is InChI=1S/C11H14N2O4/c1-11(13-12,9(14)15)10(16)17-7-8-5-3-2-4-6-8/h2-6,13H,7,12H2,1H3,(H,14,15). The van der Waals surface area contributed by atoms with Gasteiger partial charge in [0.2, 0.25) is 5.54 Å². The predicted octanol–water partition coefficient (Wildman–Crippen LogP) is 0.0364. The molecule has 0 aliphatic carbocycles. The average molecular weight is 238 g/mol. The molecule has 0 amide bonds. The molecule has 4 N–H and O–H groups in total. The third kappa shape index (κ3) is 3.02. The van der Waals surface area contributed by atoms with Gasteiger partial charge in [-0.2, -0.15) is 0 Å². The second kappa shape index (κ2) is 5.42. The number of carboxylic acids is 1. The number of rotatable bonds is 5. The van der Waals surface area contributed by atoms with E-state index in [1.165, 1.54) is 0 Å². The number of ether oxygens (including phenoxy) is 1. The van der Waals surface area contributed by atoms with E-state index in [0.29, 0.717) is 0 Å². The summed E-state index contributed by atoms with van der Waals surface area (Å²) in [5.74, 6) is 2.72. The highest BCUT2D eigenvalue weighted by Gasteiger charge is 2.42. The number of carbonyl (C=O) groups excluding carboxylic acids is 1. The van der Waals surface area contributed by atoms with E-state index in [9.17, 15) is 9.59 Å². The number of benzene rings is 1. The Bertz CT molecular complexity index is 407. The third-order valence-corrected chi connectivity index (χ3v) is 2.34. The van der Waals surface area contributed by atoms with Crippen LogP contribution in [0, 0.1) is 0 Å². The summed E-state index contributed by atoms with van der Waals surface area (Å²) in [7, 11) is 0. The van der Waals surface area contributed by atoms with Gasteiger partial charge in [-0.15, -0.1) is 0 Å². The van der Waals surface area contributed by atoms with Crippen molar-refractivity contribution in [2.24, 2.45) is 5.84 Å². The number of carboxylic acid groups (broad SMARTS) is 1. The van der Waals surface area contributed by atoms with E-state index < -0.39 is 17.5 Å². The number of hydrogen-bond donors (Lipinski definition) is 3. The van der Waals surface area contributed by atoms with Crippen LogP contribution in [0.15, 0.2) is 30.3 Å². The largest absolute Gasteiger partial charge is 0.479 e. The van der Waals surface area contributed by atoms with Gasteiger partial charge in [-0.1, -0.05) is 30.3 Å². The molecule has 6 nitrogen and oxygen atoms in total. The average Bonchev–Trinajstić information content (AvgIpc) is 2.35. The highest BCUT2D eigenvalue weighted by atomic mass is 16.5. The number of nitrogens with one attached hydrogen (secondary N) is 1. The Morgan fingerprint density at radius 1 is 1.41 bits per heavy atom. The molecule has 0 saturated heterocycles. The van der Waals surface area contributed by atoms with Crippen LogP contribution in [0.5, 0.6) is 0 Å². The van der Waals surface area contributed by atoms with Crippen molar-refractivity contribution in [2.75, 3.05) is 0 Å². The van der Waals surface area contributed by atoms with Crippen molar-refractivity contribution in [3.8, 4) is 0 Å². The Balaban J connectivity index is 2.64. The van der Waals surface area contributed by atoms with Crippen molar-refractivity contribution in [3.05, 3.63) is 35.9 Å². The Morgan fingerprint density at radius 3 is 2.47 bits per heavy atom. The maximum absolute atomic E-state index is 11.6. The maximum atomic E-state index is 11.6. The SMILES string of the molecule is CC(NN)(C(=O)O)C(=O)OCc1ccccc1. The Hall–Kier alpha value is -1.92. The van der Waals surface area contributed by atoms with Crippen LogP contribution in [0.2, 0.25) is 0 Å². The highest BCUT2D eigenvalue weighted by Crippen LogP contribution is 2.08. The molecule has 0 aromatic heterocycles. The molecule has 0 aliphatic heterocycles. The van der Waals surface area contributed by atoms with E-state index in [1.807, 2.05) is 11.5 Å². The van der Waals surface area contributed by atoms with Gasteiger partial charge in [-0.3, -0.25) is 5.84 Å². The van der Waals surface area contributed by atoms with Crippen LogP contribution in [0.3, 0.4) is 0 Å². The topological polar surface area (TPSA) is 102 Å². The number of hydrazine groups is 1. The molecule has 1 aromatic carbocycles. The minimum atomic E-state index is -1.94. The summed E-state index contributed by atoms with van der Waals surface area (Å²) >= 11 is 0. The van der Waals surface area contributed by atoms with Gasteiger partial charge in [-0.25, -0.2) is 15.0 Å². The summed E-state index contributed by atoms with van der Waals surface area (Å²) in [4.78, 5) is 22.4. The van der Waals surface area contributed by atoms with Crippen molar-refractivity contribution in [2.45, 2.75) is 19.1 Å². The fraction of sp³-hybridized carbons (Fsp3) is 0.273. The molecule has 17 heavy (non-hydrogen) atoms. The first-order valence-electron chi connectivity index (χ1n) is 4.93. The first-order valence-corrected chi connectivity index (χ1v) is 4.93. The Kier molecular flexibility index (Phi) is 4.19. The van der Waals surface area contributed by atoms with Gasteiger partial charge in [0, 0.05) is 0 Å². The monoisotopic (exact) mass is 238 g/mol. The normalized spacial score (nSPS) is 13.8. The molecule has 1 unspecified atom stereocenters. The van der Waals surface area contributed by atoms with Crippen LogP contribution in [0.4, 0.5) is 0 Å². The number of carbonyl (C=O) groups is 2. The second-order valence-corrected chi connectivity index (χ2v) is 3.64. The van der Waals surface area contributed by atoms with Crippen LogP contribution in [0.1, 0.15) is 12.5 Å². The molecule has 6 heteroatoms. The molecule has 0 aliphatic rings. The Morgan fingerprint density at radius 2 is 2.00 bits per heavy atom. The smallest absolute Gasteiger partial charge is 0.339 e. The van der Waals surface area contributed by atoms with Crippen molar-refractivity contribution in [3.63, 3.8) is 0 Å². The minimum Gasteiger partial charge on any atom is -0.479 e. The highest BCUT2D eigenvalue weighted by molar-refractivity contribution is 6.03. The van der Waals surface area contributed by atoms with Crippen LogP contribution in [-0.4, -0.2) is 22.6 Å². The van der Waals surface area contributed by atoms with E-state index in [2.05, 4.69) is 0 Å². The third-order valence-electron chi connectivity index (χ3n) is 2.34. The number of nitrogens with two attached hydrogens (primary N) is 1. The van der Waals surface area contributed by atoms with Crippen molar-refractivity contribution in [1.29, 1.82) is 0 Å². The van der Waals surface area contributed by atoms with Gasteiger partial charge >= 0.3 is 11.9 Å².